The molecule has 1 unspecified atom stereocenters. The number of amides is 2. The molecule has 1 saturated heterocycles. The molecule has 2 amide bonds. The molecule has 0 radical (unpaired) electrons. The fourth-order valence-electron chi connectivity index (χ4n) is 3.13. The van der Waals surface area contributed by atoms with Gasteiger partial charge in [-0.1, -0.05) is 0 Å². The van der Waals surface area contributed by atoms with Gasteiger partial charge in [0.05, 0.1) is 11.6 Å². The van der Waals surface area contributed by atoms with Crippen LogP contribution in [-0.4, -0.2) is 65.1 Å². The van der Waals surface area contributed by atoms with Gasteiger partial charge in [-0.3, -0.25) is 14.3 Å². The SMILES string of the molecule is CN(C)CCN1CC(C(=O)Nc2cc(-c3ccc(F)cc3)n(C)n2)CC1=O. The Balaban J connectivity index is 1.64. The maximum atomic E-state index is 13.1. The lowest BCUT2D eigenvalue weighted by atomic mass is 10.1. The van der Waals surface area contributed by atoms with Crippen LogP contribution in [0.3, 0.4) is 0 Å². The molecule has 2 heterocycles. The number of anilines is 1. The van der Waals surface area contributed by atoms with Crippen LogP contribution in [0.25, 0.3) is 11.3 Å². The second-order valence-electron chi connectivity index (χ2n) is 7.08. The smallest absolute Gasteiger partial charge is 0.230 e. The summed E-state index contributed by atoms with van der Waals surface area (Å²) in [6.45, 7) is 1.81. The number of nitrogens with one attached hydrogen (secondary N) is 1. The molecule has 0 aliphatic carbocycles. The zero-order valence-electron chi connectivity index (χ0n) is 15.8. The van der Waals surface area contributed by atoms with E-state index < -0.39 is 0 Å². The van der Waals surface area contributed by atoms with Gasteiger partial charge in [0.1, 0.15) is 5.82 Å². The molecule has 1 atom stereocenters. The number of carbonyl (C=O) groups is 2. The largest absolute Gasteiger partial charge is 0.341 e. The predicted molar refractivity (Wildman–Crippen MR) is 100 cm³/mol. The van der Waals surface area contributed by atoms with Crippen molar-refractivity contribution in [3.05, 3.63) is 36.1 Å². The molecule has 1 aromatic carbocycles. The van der Waals surface area contributed by atoms with E-state index in [-0.39, 0.29) is 30.0 Å². The minimum Gasteiger partial charge on any atom is -0.341 e. The number of likely N-dealkylation sites (N-methyl/N-ethyl adjacent to an activating group) is 1. The first-order valence-electron chi connectivity index (χ1n) is 8.87. The maximum absolute atomic E-state index is 13.1. The molecule has 1 aromatic heterocycles. The molecule has 1 aliphatic heterocycles. The maximum Gasteiger partial charge on any atom is 0.230 e. The van der Waals surface area contributed by atoms with E-state index in [0.29, 0.717) is 18.9 Å². The fraction of sp³-hybridized carbons (Fsp3) is 0.421. The molecule has 1 fully saturated rings. The standard InChI is InChI=1S/C19H24FN5O2/c1-23(2)8-9-25-12-14(10-18(25)26)19(27)21-17-11-16(24(3)22-17)13-4-6-15(20)7-5-13/h4-7,11,14H,8-10,12H2,1-3H3,(H,21,22,27). The second kappa shape index (κ2) is 7.87. The van der Waals surface area contributed by atoms with Crippen molar-refractivity contribution < 1.29 is 14.0 Å². The molecule has 7 nitrogen and oxygen atoms in total. The third kappa shape index (κ3) is 4.51. The van der Waals surface area contributed by atoms with E-state index in [4.69, 9.17) is 0 Å². The summed E-state index contributed by atoms with van der Waals surface area (Å²) in [5, 5.41) is 7.10. The van der Waals surface area contributed by atoms with E-state index in [1.54, 1.807) is 34.8 Å². The van der Waals surface area contributed by atoms with Crippen molar-refractivity contribution in [2.45, 2.75) is 6.42 Å². The number of nitrogens with zero attached hydrogens (tertiary/aromatic N) is 4. The van der Waals surface area contributed by atoms with E-state index in [2.05, 4.69) is 10.4 Å². The number of rotatable bonds is 6. The van der Waals surface area contributed by atoms with Crippen molar-refractivity contribution in [2.24, 2.45) is 13.0 Å². The quantitative estimate of drug-likeness (QED) is 0.835. The van der Waals surface area contributed by atoms with Crippen LogP contribution >= 0.6 is 0 Å². The van der Waals surface area contributed by atoms with Gasteiger partial charge in [0, 0.05) is 44.7 Å². The van der Waals surface area contributed by atoms with Crippen LogP contribution in [0.4, 0.5) is 10.2 Å². The minimum atomic E-state index is -0.379. The first-order valence-corrected chi connectivity index (χ1v) is 8.87. The molecule has 0 saturated carbocycles. The highest BCUT2D eigenvalue weighted by Crippen LogP contribution is 2.24. The summed E-state index contributed by atoms with van der Waals surface area (Å²) in [7, 11) is 5.66. The molecule has 1 aliphatic rings. The van der Waals surface area contributed by atoms with Crippen molar-refractivity contribution in [3.8, 4) is 11.3 Å². The zero-order chi connectivity index (χ0) is 19.6. The molecular formula is C19H24FN5O2. The number of hydrogen-bond acceptors (Lipinski definition) is 4. The summed E-state index contributed by atoms with van der Waals surface area (Å²) in [5.74, 6) is -0.472. The molecular weight excluding hydrogens is 349 g/mol. The molecule has 3 rings (SSSR count). The lowest BCUT2D eigenvalue weighted by Gasteiger charge is -2.19. The number of halogens is 1. The molecule has 2 aromatic rings. The van der Waals surface area contributed by atoms with Crippen LogP contribution in [0.15, 0.2) is 30.3 Å². The molecule has 1 N–H and O–H groups in total. The van der Waals surface area contributed by atoms with Crippen LogP contribution in [0, 0.1) is 11.7 Å². The highest BCUT2D eigenvalue weighted by molar-refractivity contribution is 5.97. The van der Waals surface area contributed by atoms with Crippen LogP contribution in [0.2, 0.25) is 0 Å². The first-order chi connectivity index (χ1) is 12.8. The van der Waals surface area contributed by atoms with Gasteiger partial charge in [0.25, 0.3) is 0 Å². The van der Waals surface area contributed by atoms with Crippen molar-refractivity contribution in [3.63, 3.8) is 0 Å². The van der Waals surface area contributed by atoms with Gasteiger partial charge < -0.3 is 15.1 Å². The van der Waals surface area contributed by atoms with Crippen LogP contribution < -0.4 is 5.32 Å². The third-order valence-corrected chi connectivity index (χ3v) is 4.67. The number of carbonyl (C=O) groups excluding carboxylic acids is 2. The number of aromatic nitrogens is 2. The predicted octanol–water partition coefficient (Wildman–Crippen LogP) is 1.57. The number of benzene rings is 1. The molecule has 8 heteroatoms. The monoisotopic (exact) mass is 373 g/mol. The van der Waals surface area contributed by atoms with Crippen molar-refractivity contribution >= 4 is 17.6 Å². The Morgan fingerprint density at radius 2 is 2.04 bits per heavy atom. The molecule has 144 valence electrons. The summed E-state index contributed by atoms with van der Waals surface area (Å²) >= 11 is 0. The van der Waals surface area contributed by atoms with Gasteiger partial charge in [0.15, 0.2) is 5.82 Å². The highest BCUT2D eigenvalue weighted by Gasteiger charge is 2.34. The Labute approximate surface area is 157 Å². The van der Waals surface area contributed by atoms with E-state index >= 15 is 0 Å². The van der Waals surface area contributed by atoms with Gasteiger partial charge in [0.2, 0.25) is 11.8 Å². The van der Waals surface area contributed by atoms with Gasteiger partial charge in [-0.2, -0.15) is 5.10 Å². The van der Waals surface area contributed by atoms with E-state index in [9.17, 15) is 14.0 Å². The topological polar surface area (TPSA) is 70.5 Å². The minimum absolute atomic E-state index is 0.00465. The Kier molecular flexibility index (Phi) is 5.55. The molecule has 27 heavy (non-hydrogen) atoms. The van der Waals surface area contributed by atoms with E-state index in [0.717, 1.165) is 17.8 Å². The van der Waals surface area contributed by atoms with Crippen LogP contribution in [0.1, 0.15) is 6.42 Å². The summed E-state index contributed by atoms with van der Waals surface area (Å²) in [6.07, 6.45) is 0.219. The average Bonchev–Trinajstić information content (AvgIpc) is 3.16. The van der Waals surface area contributed by atoms with Gasteiger partial charge in [-0.15, -0.1) is 0 Å². The normalized spacial score (nSPS) is 17.0. The fourth-order valence-corrected chi connectivity index (χ4v) is 3.13. The lowest BCUT2D eigenvalue weighted by Crippen LogP contribution is -2.34. The summed E-state index contributed by atoms with van der Waals surface area (Å²) in [4.78, 5) is 28.4. The van der Waals surface area contributed by atoms with E-state index in [1.165, 1.54) is 12.1 Å². The van der Waals surface area contributed by atoms with Crippen LogP contribution in [-0.2, 0) is 16.6 Å². The van der Waals surface area contributed by atoms with Gasteiger partial charge >= 0.3 is 0 Å². The Hall–Kier alpha value is -2.74. The van der Waals surface area contributed by atoms with E-state index in [1.807, 2.05) is 19.0 Å². The Bertz CT molecular complexity index is 831. The average molecular weight is 373 g/mol. The van der Waals surface area contributed by atoms with Crippen molar-refractivity contribution in [2.75, 3.05) is 39.0 Å². The third-order valence-electron chi connectivity index (χ3n) is 4.67. The summed E-state index contributed by atoms with van der Waals surface area (Å²) in [5.41, 5.74) is 1.57. The second-order valence-corrected chi connectivity index (χ2v) is 7.08. The number of hydrogen-bond donors (Lipinski definition) is 1. The van der Waals surface area contributed by atoms with Gasteiger partial charge in [-0.05, 0) is 38.4 Å². The number of aryl methyl sites for hydroxylation is 1. The first kappa shape index (κ1) is 19.0. The van der Waals surface area contributed by atoms with Crippen LogP contribution in [0.5, 0.6) is 0 Å². The molecule has 0 spiro atoms. The molecule has 0 bridgehead atoms. The summed E-state index contributed by atoms with van der Waals surface area (Å²) < 4.78 is 14.7. The van der Waals surface area contributed by atoms with Crippen molar-refractivity contribution in [1.29, 1.82) is 0 Å². The lowest BCUT2D eigenvalue weighted by molar-refractivity contribution is -0.128. The Morgan fingerprint density at radius 3 is 2.70 bits per heavy atom. The number of likely N-dealkylation sites (tertiary alicyclic amines) is 1. The van der Waals surface area contributed by atoms with Crippen molar-refractivity contribution in [1.82, 2.24) is 19.6 Å². The van der Waals surface area contributed by atoms with Gasteiger partial charge in [-0.25, -0.2) is 4.39 Å². The Morgan fingerprint density at radius 1 is 1.33 bits per heavy atom. The summed E-state index contributed by atoms with van der Waals surface area (Å²) in [6, 6.07) is 7.83. The highest BCUT2D eigenvalue weighted by atomic mass is 19.1. The zero-order valence-corrected chi connectivity index (χ0v) is 15.8.